The van der Waals surface area contributed by atoms with E-state index in [0.717, 1.165) is 15.8 Å². The summed E-state index contributed by atoms with van der Waals surface area (Å²) < 4.78 is 0.900. The molecule has 1 N–H and O–H groups in total. The van der Waals surface area contributed by atoms with Crippen molar-refractivity contribution in [2.75, 3.05) is 6.26 Å². The summed E-state index contributed by atoms with van der Waals surface area (Å²) in [6.45, 7) is 0. The van der Waals surface area contributed by atoms with Gasteiger partial charge < -0.3 is 5.32 Å². The summed E-state index contributed by atoms with van der Waals surface area (Å²) in [4.78, 5) is 12.9. The van der Waals surface area contributed by atoms with E-state index in [1.165, 1.54) is 30.6 Å². The minimum Gasteiger partial charge on any atom is -0.347 e. The number of rotatable bonds is 3. The zero-order valence-electron chi connectivity index (χ0n) is 9.74. The molecule has 0 unspecified atom stereocenters. The number of carbonyl (C=O) groups excluding carboxylic acids is 1. The number of thioether (sulfide) groups is 1. The summed E-state index contributed by atoms with van der Waals surface area (Å²) in [5, 5.41) is 5.70. The van der Waals surface area contributed by atoms with Gasteiger partial charge in [-0.15, -0.1) is 11.3 Å². The molecule has 1 aromatic rings. The van der Waals surface area contributed by atoms with Crippen LogP contribution in [0, 0.1) is 0 Å². The Labute approximate surface area is 119 Å². The lowest BCUT2D eigenvalue weighted by atomic mass is 9.95. The summed E-state index contributed by atoms with van der Waals surface area (Å²) >= 11 is 6.77. The van der Waals surface area contributed by atoms with Crippen LogP contribution in [0.5, 0.6) is 0 Å². The van der Waals surface area contributed by atoms with Crippen LogP contribution < -0.4 is 5.32 Å². The highest BCUT2D eigenvalue weighted by Gasteiger charge is 2.26. The first-order chi connectivity index (χ1) is 8.22. The molecule has 0 aliphatic heterocycles. The molecule has 2 atom stereocenters. The molecule has 17 heavy (non-hydrogen) atoms. The van der Waals surface area contributed by atoms with Crippen molar-refractivity contribution in [2.45, 2.75) is 37.0 Å². The van der Waals surface area contributed by atoms with Crippen molar-refractivity contribution < 1.29 is 4.79 Å². The van der Waals surface area contributed by atoms with Crippen LogP contribution in [-0.2, 0) is 0 Å². The van der Waals surface area contributed by atoms with E-state index in [1.54, 1.807) is 0 Å². The van der Waals surface area contributed by atoms with Gasteiger partial charge in [0.05, 0.1) is 0 Å². The minimum absolute atomic E-state index is 0.0674. The third-order valence-corrected chi connectivity index (χ3v) is 6.15. The van der Waals surface area contributed by atoms with Gasteiger partial charge in [-0.25, -0.2) is 0 Å². The Hall–Kier alpha value is -0.000000000000000111. The molecule has 0 saturated heterocycles. The summed E-state index contributed by atoms with van der Waals surface area (Å²) in [7, 11) is 0. The summed E-state index contributed by atoms with van der Waals surface area (Å²) in [5.41, 5.74) is 0. The third-order valence-electron chi connectivity index (χ3n) is 3.15. The molecule has 1 amide bonds. The van der Waals surface area contributed by atoms with Gasteiger partial charge in [0.1, 0.15) is 4.88 Å². The number of thiophene rings is 1. The van der Waals surface area contributed by atoms with Crippen molar-refractivity contribution in [1.29, 1.82) is 0 Å². The van der Waals surface area contributed by atoms with Gasteiger partial charge in [0.25, 0.3) is 5.91 Å². The van der Waals surface area contributed by atoms with Crippen LogP contribution in [-0.4, -0.2) is 23.5 Å². The zero-order chi connectivity index (χ0) is 12.3. The molecule has 5 heteroatoms. The molecular weight excluding hydrogens is 318 g/mol. The fraction of sp³-hybridized carbons (Fsp3) is 0.583. The molecule has 1 aromatic heterocycles. The van der Waals surface area contributed by atoms with Gasteiger partial charge >= 0.3 is 0 Å². The van der Waals surface area contributed by atoms with E-state index in [4.69, 9.17) is 0 Å². The van der Waals surface area contributed by atoms with E-state index >= 15 is 0 Å². The predicted molar refractivity (Wildman–Crippen MR) is 79.0 cm³/mol. The van der Waals surface area contributed by atoms with Gasteiger partial charge in [-0.3, -0.25) is 4.79 Å². The van der Waals surface area contributed by atoms with Crippen LogP contribution in [0.25, 0.3) is 0 Å². The van der Waals surface area contributed by atoms with Crippen molar-refractivity contribution in [3.8, 4) is 0 Å². The molecule has 0 spiro atoms. The van der Waals surface area contributed by atoms with Crippen molar-refractivity contribution in [3.63, 3.8) is 0 Å². The molecule has 0 radical (unpaired) electrons. The first kappa shape index (κ1) is 13.4. The first-order valence-electron chi connectivity index (χ1n) is 5.79. The van der Waals surface area contributed by atoms with Crippen molar-refractivity contribution >= 4 is 44.9 Å². The molecule has 2 rings (SSSR count). The van der Waals surface area contributed by atoms with Gasteiger partial charge in [-0.1, -0.05) is 12.8 Å². The van der Waals surface area contributed by atoms with E-state index in [-0.39, 0.29) is 5.91 Å². The van der Waals surface area contributed by atoms with E-state index < -0.39 is 0 Å². The minimum atomic E-state index is 0.0674. The molecule has 2 nitrogen and oxygen atoms in total. The summed E-state index contributed by atoms with van der Waals surface area (Å²) in [6.07, 6.45) is 6.99. The first-order valence-corrected chi connectivity index (χ1v) is 8.75. The second-order valence-corrected chi connectivity index (χ2v) is 7.08. The highest BCUT2D eigenvalue weighted by molar-refractivity contribution is 9.10. The largest absolute Gasteiger partial charge is 0.347 e. The molecular formula is C12H16BrNOS2. The Kier molecular flexibility index (Phi) is 4.94. The monoisotopic (exact) mass is 333 g/mol. The van der Waals surface area contributed by atoms with Gasteiger partial charge in [0.2, 0.25) is 0 Å². The molecule has 0 bridgehead atoms. The highest BCUT2D eigenvalue weighted by atomic mass is 79.9. The van der Waals surface area contributed by atoms with Crippen LogP contribution in [0.3, 0.4) is 0 Å². The number of amides is 1. The van der Waals surface area contributed by atoms with Crippen LogP contribution in [0.1, 0.15) is 35.4 Å². The van der Waals surface area contributed by atoms with Crippen molar-refractivity contribution in [3.05, 3.63) is 20.8 Å². The van der Waals surface area contributed by atoms with Gasteiger partial charge in [0.15, 0.2) is 0 Å². The standard InChI is InChI=1S/C12H16BrNOS2/c1-16-10-5-3-2-4-9(10)14-12(15)11-8(13)6-7-17-11/h6-7,9-10H,2-5H2,1H3,(H,14,15)/t9-,10-/m0/s1. The number of carbonyl (C=O) groups is 1. The number of halogens is 1. The fourth-order valence-electron chi connectivity index (χ4n) is 2.23. The Morgan fingerprint density at radius 1 is 1.53 bits per heavy atom. The second kappa shape index (κ2) is 6.25. The van der Waals surface area contributed by atoms with Crippen molar-refractivity contribution in [2.24, 2.45) is 0 Å². The second-order valence-electron chi connectivity index (χ2n) is 4.24. The molecule has 0 aromatic carbocycles. The number of hydrogen-bond acceptors (Lipinski definition) is 3. The van der Waals surface area contributed by atoms with Gasteiger partial charge in [-0.2, -0.15) is 11.8 Å². The Bertz CT molecular complexity index is 394. The van der Waals surface area contributed by atoms with E-state index in [0.29, 0.717) is 11.3 Å². The molecule has 1 saturated carbocycles. The maximum atomic E-state index is 12.1. The lowest BCUT2D eigenvalue weighted by Gasteiger charge is -2.30. The third kappa shape index (κ3) is 3.26. The maximum absolute atomic E-state index is 12.1. The molecule has 94 valence electrons. The SMILES string of the molecule is CS[C@H]1CCCC[C@@H]1NC(=O)c1sccc1Br. The lowest BCUT2D eigenvalue weighted by molar-refractivity contribution is 0.0933. The van der Waals surface area contributed by atoms with E-state index in [9.17, 15) is 4.79 Å². The highest BCUT2D eigenvalue weighted by Crippen LogP contribution is 2.28. The maximum Gasteiger partial charge on any atom is 0.262 e. The fourth-order valence-corrected chi connectivity index (χ4v) is 4.62. The average molecular weight is 334 g/mol. The van der Waals surface area contributed by atoms with Crippen LogP contribution >= 0.6 is 39.0 Å². The number of nitrogens with one attached hydrogen (secondary N) is 1. The van der Waals surface area contributed by atoms with Gasteiger partial charge in [0, 0.05) is 15.8 Å². The van der Waals surface area contributed by atoms with Crippen molar-refractivity contribution in [1.82, 2.24) is 5.32 Å². The normalized spacial score (nSPS) is 24.6. The molecule has 1 fully saturated rings. The van der Waals surface area contributed by atoms with Crippen LogP contribution in [0.15, 0.2) is 15.9 Å². The molecule has 1 aliphatic carbocycles. The predicted octanol–water partition coefficient (Wildman–Crippen LogP) is 3.91. The molecule has 1 heterocycles. The topological polar surface area (TPSA) is 29.1 Å². The number of hydrogen-bond donors (Lipinski definition) is 1. The van der Waals surface area contributed by atoms with Gasteiger partial charge in [-0.05, 0) is 46.5 Å². The Balaban J connectivity index is 2.00. The summed E-state index contributed by atoms with van der Waals surface area (Å²) in [5.74, 6) is 0.0674. The Morgan fingerprint density at radius 3 is 2.94 bits per heavy atom. The lowest BCUT2D eigenvalue weighted by Crippen LogP contribution is -2.43. The molecule has 1 aliphatic rings. The smallest absolute Gasteiger partial charge is 0.262 e. The van der Waals surface area contributed by atoms with Crippen LogP contribution in [0.4, 0.5) is 0 Å². The average Bonchev–Trinajstić information content (AvgIpc) is 2.76. The Morgan fingerprint density at radius 2 is 2.29 bits per heavy atom. The quantitative estimate of drug-likeness (QED) is 0.908. The zero-order valence-corrected chi connectivity index (χ0v) is 13.0. The van der Waals surface area contributed by atoms with Crippen LogP contribution in [0.2, 0.25) is 0 Å². The van der Waals surface area contributed by atoms with E-state index in [1.807, 2.05) is 23.2 Å². The summed E-state index contributed by atoms with van der Waals surface area (Å²) in [6, 6.07) is 2.26. The van der Waals surface area contributed by atoms with E-state index in [2.05, 4.69) is 27.5 Å².